The lowest BCUT2D eigenvalue weighted by Crippen LogP contribution is -2.58. The first kappa shape index (κ1) is 25.0. The van der Waals surface area contributed by atoms with Crippen molar-refractivity contribution in [2.75, 3.05) is 13.6 Å². The number of fused-ring (bicyclic) bond motifs is 5. The maximum atomic E-state index is 12.4. The second-order valence-corrected chi connectivity index (χ2v) is 12.6. The molecule has 4 fully saturated rings. The van der Waals surface area contributed by atoms with Crippen molar-refractivity contribution in [2.24, 2.45) is 46.3 Å². The topological polar surface area (TPSA) is 98.1 Å². The van der Waals surface area contributed by atoms with Crippen LogP contribution in [0.3, 0.4) is 0 Å². The minimum atomic E-state index is -0.976. The van der Waals surface area contributed by atoms with Gasteiger partial charge in [0.05, 0.1) is 12.2 Å². The van der Waals surface area contributed by atoms with Crippen LogP contribution < -0.4 is 0 Å². The molecule has 6 nitrogen and oxygen atoms in total. The highest BCUT2D eigenvalue weighted by Gasteiger charge is 2.62. The van der Waals surface area contributed by atoms with E-state index in [2.05, 4.69) is 20.8 Å². The van der Waals surface area contributed by atoms with Crippen LogP contribution in [0.4, 0.5) is 0 Å². The van der Waals surface area contributed by atoms with Gasteiger partial charge >= 0.3 is 5.97 Å². The Bertz CT molecular complexity index is 757. The number of hydrogen-bond donors (Lipinski definition) is 3. The molecule has 0 bridgehead atoms. The lowest BCUT2D eigenvalue weighted by atomic mass is 9.43. The third-order valence-electron chi connectivity index (χ3n) is 11.0. The van der Waals surface area contributed by atoms with Gasteiger partial charge in [0, 0.05) is 13.5 Å². The molecule has 10 atom stereocenters. The van der Waals surface area contributed by atoms with Crippen LogP contribution in [0.5, 0.6) is 0 Å². The summed E-state index contributed by atoms with van der Waals surface area (Å²) in [6, 6.07) is 0. The first-order valence-electron chi connectivity index (χ1n) is 13.3. The average Bonchev–Trinajstić information content (AvgIpc) is 3.09. The molecule has 0 aromatic heterocycles. The number of aliphatic hydroxyl groups excluding tert-OH is 2. The predicted molar refractivity (Wildman–Crippen MR) is 126 cm³/mol. The van der Waals surface area contributed by atoms with Crippen LogP contribution in [0.2, 0.25) is 0 Å². The average molecular weight is 464 g/mol. The van der Waals surface area contributed by atoms with Crippen LogP contribution in [0, 0.1) is 46.3 Å². The van der Waals surface area contributed by atoms with Crippen LogP contribution in [0.1, 0.15) is 85.0 Å². The molecule has 0 aromatic rings. The molecule has 33 heavy (non-hydrogen) atoms. The number of likely N-dealkylation sites (N-methyl/N-ethyl adjacent to an activating group) is 1. The number of hydrogen-bond acceptors (Lipinski definition) is 4. The molecule has 0 heterocycles. The zero-order valence-electron chi connectivity index (χ0n) is 21.0. The summed E-state index contributed by atoms with van der Waals surface area (Å²) in [5.74, 6) is 1.78. The minimum absolute atomic E-state index is 0.0891. The smallest absolute Gasteiger partial charge is 0.323 e. The Morgan fingerprint density at radius 1 is 1.00 bits per heavy atom. The van der Waals surface area contributed by atoms with E-state index in [1.807, 2.05) is 0 Å². The molecular formula is C27H45NO5. The number of rotatable bonds is 6. The molecule has 4 rings (SSSR count). The fourth-order valence-electron chi connectivity index (χ4n) is 9.21. The van der Waals surface area contributed by atoms with Gasteiger partial charge in [-0.25, -0.2) is 0 Å². The predicted octanol–water partition coefficient (Wildman–Crippen LogP) is 3.94. The zero-order chi connectivity index (χ0) is 24.1. The van der Waals surface area contributed by atoms with Gasteiger partial charge in [-0.05, 0) is 104 Å². The highest BCUT2D eigenvalue weighted by Crippen LogP contribution is 2.68. The van der Waals surface area contributed by atoms with Crippen molar-refractivity contribution < 1.29 is 24.9 Å². The van der Waals surface area contributed by atoms with Crippen molar-refractivity contribution in [3.05, 3.63) is 0 Å². The van der Waals surface area contributed by atoms with Gasteiger partial charge in [-0.3, -0.25) is 9.59 Å². The molecule has 0 saturated heterocycles. The molecule has 0 radical (unpaired) electrons. The van der Waals surface area contributed by atoms with Crippen LogP contribution in [0.15, 0.2) is 0 Å². The van der Waals surface area contributed by atoms with Crippen molar-refractivity contribution in [1.29, 1.82) is 0 Å². The monoisotopic (exact) mass is 463 g/mol. The molecule has 6 heteroatoms. The quantitative estimate of drug-likeness (QED) is 0.554. The number of carbonyl (C=O) groups excluding carboxylic acids is 1. The number of amides is 1. The third-order valence-corrected chi connectivity index (χ3v) is 11.0. The Morgan fingerprint density at radius 2 is 1.67 bits per heavy atom. The van der Waals surface area contributed by atoms with Crippen LogP contribution in [-0.2, 0) is 9.59 Å². The van der Waals surface area contributed by atoms with Gasteiger partial charge in [0.1, 0.15) is 6.54 Å². The molecule has 0 spiro atoms. The molecular weight excluding hydrogens is 418 g/mol. The van der Waals surface area contributed by atoms with Gasteiger partial charge in [-0.1, -0.05) is 20.8 Å². The van der Waals surface area contributed by atoms with Crippen molar-refractivity contribution in [3.63, 3.8) is 0 Å². The number of carbonyl (C=O) groups is 2. The first-order valence-corrected chi connectivity index (χ1v) is 13.3. The molecule has 1 amide bonds. The number of aliphatic carboxylic acids is 1. The Hall–Kier alpha value is -1.14. The fourth-order valence-corrected chi connectivity index (χ4v) is 9.21. The summed E-state index contributed by atoms with van der Waals surface area (Å²) in [5.41, 5.74) is 0.449. The van der Waals surface area contributed by atoms with Crippen LogP contribution >= 0.6 is 0 Å². The molecule has 0 aromatic carbocycles. The summed E-state index contributed by atoms with van der Waals surface area (Å²) in [7, 11) is 1.57. The molecule has 4 aliphatic rings. The lowest BCUT2D eigenvalue weighted by molar-refractivity contribution is -0.174. The lowest BCUT2D eigenvalue weighted by Gasteiger charge is -2.62. The maximum absolute atomic E-state index is 12.4. The van der Waals surface area contributed by atoms with E-state index in [0.717, 1.165) is 38.5 Å². The molecule has 0 aliphatic heterocycles. The molecule has 4 saturated carbocycles. The van der Waals surface area contributed by atoms with E-state index in [4.69, 9.17) is 5.11 Å². The van der Waals surface area contributed by atoms with E-state index in [9.17, 15) is 19.8 Å². The fraction of sp³-hybridized carbons (Fsp3) is 0.926. The van der Waals surface area contributed by atoms with Crippen molar-refractivity contribution >= 4 is 11.9 Å². The van der Waals surface area contributed by atoms with E-state index in [1.54, 1.807) is 7.05 Å². The van der Waals surface area contributed by atoms with Crippen molar-refractivity contribution in [1.82, 2.24) is 4.90 Å². The van der Waals surface area contributed by atoms with Gasteiger partial charge in [-0.15, -0.1) is 0 Å². The van der Waals surface area contributed by atoms with Crippen LogP contribution in [-0.4, -0.2) is 57.9 Å². The zero-order valence-corrected chi connectivity index (χ0v) is 21.0. The van der Waals surface area contributed by atoms with Crippen molar-refractivity contribution in [3.8, 4) is 0 Å². The largest absolute Gasteiger partial charge is 0.480 e. The van der Waals surface area contributed by atoms with Crippen LogP contribution in [0.25, 0.3) is 0 Å². The van der Waals surface area contributed by atoms with Gasteiger partial charge in [0.15, 0.2) is 0 Å². The van der Waals surface area contributed by atoms with Crippen molar-refractivity contribution in [2.45, 2.75) is 97.2 Å². The highest BCUT2D eigenvalue weighted by molar-refractivity contribution is 5.80. The summed E-state index contributed by atoms with van der Waals surface area (Å²) in [6.45, 7) is 6.93. The minimum Gasteiger partial charge on any atom is -0.480 e. The second-order valence-electron chi connectivity index (χ2n) is 12.6. The summed E-state index contributed by atoms with van der Waals surface area (Å²) in [4.78, 5) is 24.6. The summed E-state index contributed by atoms with van der Waals surface area (Å²) in [5, 5.41) is 30.6. The summed E-state index contributed by atoms with van der Waals surface area (Å²) in [6.07, 6.45) is 9.10. The molecule has 3 N–H and O–H groups in total. The number of carboxylic acids is 1. The summed E-state index contributed by atoms with van der Waals surface area (Å²) >= 11 is 0. The Balaban J connectivity index is 1.44. The van der Waals surface area contributed by atoms with Gasteiger partial charge in [0.25, 0.3) is 0 Å². The SMILES string of the molecule is C[C@H](CCC(=O)N(C)CC(=O)O)[C@H]1CCC2C3C(CC[C@@]21C)[C@@]1(C)CC[C@@H](O)C[C@H]1C[C@@H]3O. The van der Waals surface area contributed by atoms with Gasteiger partial charge < -0.3 is 20.2 Å². The standard InChI is InChI=1S/C27H45NO5/c1-16(5-8-23(31)28(4)15-24(32)33)19-6-7-20-25-21(10-12-27(19,20)3)26(2)11-9-18(29)13-17(26)14-22(25)30/h16-22,25,29-30H,5-15H2,1-4H3,(H,32,33)/t16-,17+,18-,19-,20?,21?,22+,25?,26+,27-/m1/s1. The molecule has 188 valence electrons. The maximum Gasteiger partial charge on any atom is 0.323 e. The number of nitrogens with zero attached hydrogens (tertiary/aromatic N) is 1. The van der Waals surface area contributed by atoms with E-state index in [1.165, 1.54) is 24.2 Å². The Kier molecular flexibility index (Phi) is 6.92. The summed E-state index contributed by atoms with van der Waals surface area (Å²) < 4.78 is 0. The second kappa shape index (κ2) is 9.14. The van der Waals surface area contributed by atoms with Gasteiger partial charge in [0.2, 0.25) is 5.91 Å². The van der Waals surface area contributed by atoms with E-state index < -0.39 is 5.97 Å². The Morgan fingerprint density at radius 3 is 2.36 bits per heavy atom. The first-order chi connectivity index (χ1) is 15.5. The Labute approximate surface area is 199 Å². The molecule has 3 unspecified atom stereocenters. The molecule has 4 aliphatic carbocycles. The van der Waals surface area contributed by atoms with E-state index in [-0.39, 0.29) is 35.5 Å². The third kappa shape index (κ3) is 4.35. The van der Waals surface area contributed by atoms with E-state index >= 15 is 0 Å². The van der Waals surface area contributed by atoms with E-state index in [0.29, 0.717) is 41.9 Å². The number of aliphatic hydroxyl groups is 2. The highest BCUT2D eigenvalue weighted by atomic mass is 16.4. The number of carboxylic acid groups (broad SMARTS) is 1. The van der Waals surface area contributed by atoms with Gasteiger partial charge in [-0.2, -0.15) is 0 Å². The normalized spacial score (nSPS) is 45.5.